The van der Waals surface area contributed by atoms with Crippen molar-refractivity contribution in [2.45, 2.75) is 71.1 Å². The summed E-state index contributed by atoms with van der Waals surface area (Å²) in [6.07, 6.45) is 12.7. The van der Waals surface area contributed by atoms with E-state index in [-0.39, 0.29) is 0 Å². The molecule has 0 bridgehead atoms. The molecule has 19 heavy (non-hydrogen) atoms. The summed E-state index contributed by atoms with van der Waals surface area (Å²) >= 11 is 0. The maximum atomic E-state index is 11.7. The van der Waals surface area contributed by atoms with E-state index >= 15 is 0 Å². The maximum Gasteiger partial charge on any atom is 0.137 e. The average molecular weight is 258 g/mol. The summed E-state index contributed by atoms with van der Waals surface area (Å²) in [7, 11) is 0. The Balaban J connectivity index is 1.65. The van der Waals surface area contributed by atoms with Crippen LogP contribution in [0.4, 0.5) is 0 Å². The lowest BCUT2D eigenvalue weighted by Gasteiger charge is -2.50. The fraction of sp³-hybridized carbons (Fsp3) is 0.833. The second-order valence-corrected chi connectivity index (χ2v) is 7.84. The lowest BCUT2D eigenvalue weighted by Crippen LogP contribution is -2.41. The lowest BCUT2D eigenvalue weighted by atomic mass is 9.54. The Kier molecular flexibility index (Phi) is 2.69. The standard InChI is InChI=1S/C18H26O/c1-18-9-2-3-17(18)16-6-4-12-11-13(19)5-7-14(12)15(16)8-10-18/h15-17H,2-11H2,1H3. The highest BCUT2D eigenvalue weighted by Crippen LogP contribution is 2.60. The van der Waals surface area contributed by atoms with E-state index in [0.717, 1.165) is 37.0 Å². The van der Waals surface area contributed by atoms with E-state index in [4.69, 9.17) is 0 Å². The van der Waals surface area contributed by atoms with Gasteiger partial charge in [-0.25, -0.2) is 0 Å². The number of carbonyl (C=O) groups is 1. The molecular weight excluding hydrogens is 232 g/mol. The highest BCUT2D eigenvalue weighted by Gasteiger charge is 2.50. The third-order valence-corrected chi connectivity index (χ3v) is 6.98. The highest BCUT2D eigenvalue weighted by atomic mass is 16.1. The van der Waals surface area contributed by atoms with Crippen LogP contribution in [0.25, 0.3) is 0 Å². The minimum atomic E-state index is 0.499. The third-order valence-electron chi connectivity index (χ3n) is 6.98. The van der Waals surface area contributed by atoms with Crippen LogP contribution in [0.15, 0.2) is 11.1 Å². The molecule has 4 unspecified atom stereocenters. The molecule has 4 aliphatic rings. The van der Waals surface area contributed by atoms with Crippen molar-refractivity contribution in [2.75, 3.05) is 0 Å². The summed E-state index contributed by atoms with van der Waals surface area (Å²) in [6, 6.07) is 0. The van der Waals surface area contributed by atoms with E-state index < -0.39 is 0 Å². The van der Waals surface area contributed by atoms with Crippen molar-refractivity contribution in [3.8, 4) is 0 Å². The van der Waals surface area contributed by atoms with Crippen molar-refractivity contribution in [2.24, 2.45) is 23.2 Å². The molecule has 0 aromatic rings. The van der Waals surface area contributed by atoms with Crippen LogP contribution in [-0.4, -0.2) is 5.78 Å². The molecule has 0 N–H and O–H groups in total. The summed E-state index contributed by atoms with van der Waals surface area (Å²) in [6.45, 7) is 2.56. The fourth-order valence-electron chi connectivity index (χ4n) is 6.04. The van der Waals surface area contributed by atoms with Crippen molar-refractivity contribution in [1.82, 2.24) is 0 Å². The fourth-order valence-corrected chi connectivity index (χ4v) is 6.04. The van der Waals surface area contributed by atoms with E-state index in [1.165, 1.54) is 44.9 Å². The Morgan fingerprint density at radius 1 is 1.05 bits per heavy atom. The minimum Gasteiger partial charge on any atom is -0.299 e. The smallest absolute Gasteiger partial charge is 0.137 e. The van der Waals surface area contributed by atoms with Crippen LogP contribution >= 0.6 is 0 Å². The molecule has 4 rings (SSSR count). The predicted octanol–water partition coefficient (Wildman–Crippen LogP) is 4.66. The predicted molar refractivity (Wildman–Crippen MR) is 76.8 cm³/mol. The van der Waals surface area contributed by atoms with E-state index in [1.54, 1.807) is 11.1 Å². The second kappa shape index (κ2) is 4.20. The van der Waals surface area contributed by atoms with Crippen molar-refractivity contribution in [1.29, 1.82) is 0 Å². The van der Waals surface area contributed by atoms with Gasteiger partial charge in [-0.3, -0.25) is 4.79 Å². The van der Waals surface area contributed by atoms with Crippen molar-refractivity contribution in [3.05, 3.63) is 11.1 Å². The topological polar surface area (TPSA) is 17.1 Å². The number of hydrogen-bond acceptors (Lipinski definition) is 1. The summed E-state index contributed by atoms with van der Waals surface area (Å²) in [5.74, 6) is 3.33. The highest BCUT2D eigenvalue weighted by molar-refractivity contribution is 5.82. The van der Waals surface area contributed by atoms with Gasteiger partial charge in [-0.15, -0.1) is 0 Å². The van der Waals surface area contributed by atoms with Gasteiger partial charge in [0.15, 0.2) is 0 Å². The summed E-state index contributed by atoms with van der Waals surface area (Å²) < 4.78 is 0. The molecule has 0 saturated heterocycles. The molecule has 0 heterocycles. The molecule has 0 spiro atoms. The summed E-state index contributed by atoms with van der Waals surface area (Å²) in [4.78, 5) is 11.7. The van der Waals surface area contributed by atoms with Gasteiger partial charge in [0.25, 0.3) is 0 Å². The van der Waals surface area contributed by atoms with Crippen LogP contribution in [0.1, 0.15) is 71.1 Å². The van der Waals surface area contributed by atoms with Crippen molar-refractivity contribution in [3.63, 3.8) is 0 Å². The molecular formula is C18H26O. The molecule has 1 heteroatoms. The first-order valence-corrected chi connectivity index (χ1v) is 8.40. The molecule has 0 radical (unpaired) electrons. The monoisotopic (exact) mass is 258 g/mol. The second-order valence-electron chi connectivity index (χ2n) is 7.84. The number of fused-ring (bicyclic) bond motifs is 4. The lowest BCUT2D eigenvalue weighted by molar-refractivity contribution is -0.119. The van der Waals surface area contributed by atoms with E-state index in [2.05, 4.69) is 6.92 Å². The molecule has 2 fully saturated rings. The van der Waals surface area contributed by atoms with Gasteiger partial charge in [0.05, 0.1) is 0 Å². The summed E-state index contributed by atoms with van der Waals surface area (Å²) in [5, 5.41) is 0. The molecule has 0 aromatic heterocycles. The number of allylic oxidation sites excluding steroid dienone is 2. The first-order chi connectivity index (χ1) is 9.17. The van der Waals surface area contributed by atoms with Crippen LogP contribution in [0.2, 0.25) is 0 Å². The van der Waals surface area contributed by atoms with Crippen LogP contribution in [0, 0.1) is 23.2 Å². The quantitative estimate of drug-likeness (QED) is 0.577. The molecule has 104 valence electrons. The zero-order chi connectivity index (χ0) is 13.0. The van der Waals surface area contributed by atoms with E-state index in [0.29, 0.717) is 11.2 Å². The molecule has 0 amide bonds. The van der Waals surface area contributed by atoms with Gasteiger partial charge in [-0.05, 0) is 68.1 Å². The number of carbonyl (C=O) groups excluding carboxylic acids is 1. The molecule has 2 saturated carbocycles. The van der Waals surface area contributed by atoms with Crippen molar-refractivity contribution >= 4 is 5.78 Å². The largest absolute Gasteiger partial charge is 0.299 e. The molecule has 0 aliphatic heterocycles. The van der Waals surface area contributed by atoms with Gasteiger partial charge in [-0.1, -0.05) is 24.5 Å². The van der Waals surface area contributed by atoms with Gasteiger partial charge >= 0.3 is 0 Å². The first-order valence-electron chi connectivity index (χ1n) is 8.40. The molecule has 0 aromatic carbocycles. The normalized spacial score (nSPS) is 45.7. The number of ketones is 1. The minimum absolute atomic E-state index is 0.499. The zero-order valence-electron chi connectivity index (χ0n) is 12.2. The van der Waals surface area contributed by atoms with Crippen LogP contribution in [0.3, 0.4) is 0 Å². The third kappa shape index (κ3) is 1.76. The van der Waals surface area contributed by atoms with Crippen LogP contribution < -0.4 is 0 Å². The Morgan fingerprint density at radius 2 is 1.95 bits per heavy atom. The number of hydrogen-bond donors (Lipinski definition) is 0. The van der Waals surface area contributed by atoms with E-state index in [1.807, 2.05) is 0 Å². The van der Waals surface area contributed by atoms with Crippen LogP contribution in [-0.2, 0) is 4.79 Å². The van der Waals surface area contributed by atoms with Gasteiger partial charge in [-0.2, -0.15) is 0 Å². The molecule has 4 aliphatic carbocycles. The maximum absolute atomic E-state index is 11.7. The Morgan fingerprint density at radius 3 is 2.84 bits per heavy atom. The number of rotatable bonds is 0. The average Bonchev–Trinajstić information content (AvgIpc) is 2.79. The van der Waals surface area contributed by atoms with Gasteiger partial charge in [0.1, 0.15) is 5.78 Å². The Labute approximate surface area is 116 Å². The first kappa shape index (κ1) is 12.2. The van der Waals surface area contributed by atoms with Gasteiger partial charge in [0.2, 0.25) is 0 Å². The SMILES string of the molecule is CC12CCCC1C1CCC3=C(CCC(=O)C3)C1CC2. The van der Waals surface area contributed by atoms with E-state index in [9.17, 15) is 4.79 Å². The Hall–Kier alpha value is -0.590. The zero-order valence-corrected chi connectivity index (χ0v) is 12.2. The van der Waals surface area contributed by atoms with Crippen LogP contribution in [0.5, 0.6) is 0 Å². The van der Waals surface area contributed by atoms with Gasteiger partial charge < -0.3 is 0 Å². The molecule has 4 atom stereocenters. The Bertz CT molecular complexity index is 447. The van der Waals surface area contributed by atoms with Crippen molar-refractivity contribution < 1.29 is 4.79 Å². The van der Waals surface area contributed by atoms with Gasteiger partial charge in [0, 0.05) is 12.8 Å². The molecule has 1 nitrogen and oxygen atoms in total. The summed E-state index contributed by atoms with van der Waals surface area (Å²) in [5.41, 5.74) is 3.99. The number of Topliss-reactive ketones (excluding diaryl/α,β-unsaturated/α-hetero) is 1.